The molecule has 10 atom stereocenters. The number of carbonyl (C=O) groups is 5. The van der Waals surface area contributed by atoms with Gasteiger partial charge in [0.15, 0.2) is 35.7 Å². The van der Waals surface area contributed by atoms with Crippen LogP contribution in [0.4, 0.5) is 0 Å². The van der Waals surface area contributed by atoms with Gasteiger partial charge in [-0.2, -0.15) is 0 Å². The number of carbonyl (C=O) groups excluding carboxylic acids is 5. The van der Waals surface area contributed by atoms with Crippen LogP contribution in [0.15, 0.2) is 23.0 Å². The first-order valence-corrected chi connectivity index (χ1v) is 16.9. The second-order valence-electron chi connectivity index (χ2n) is 13.1. The summed E-state index contributed by atoms with van der Waals surface area (Å²) in [6.07, 6.45) is -8.29. The number of rotatable bonds is 11. The maximum absolute atomic E-state index is 12.9. The predicted octanol–water partition coefficient (Wildman–Crippen LogP) is 2.22. The van der Waals surface area contributed by atoms with Crippen molar-refractivity contribution in [1.29, 1.82) is 0 Å². The summed E-state index contributed by atoms with van der Waals surface area (Å²) >= 11 is 0. The van der Waals surface area contributed by atoms with Gasteiger partial charge in [-0.15, -0.1) is 0 Å². The highest BCUT2D eigenvalue weighted by molar-refractivity contribution is 5.98. The minimum absolute atomic E-state index is 0.137. The number of aromatic hydroxyl groups is 3. The van der Waals surface area contributed by atoms with Crippen LogP contribution in [0.5, 0.6) is 23.0 Å². The fourth-order valence-corrected chi connectivity index (χ4v) is 6.37. The Labute approximate surface area is 309 Å². The van der Waals surface area contributed by atoms with Gasteiger partial charge in [-0.1, -0.05) is 20.8 Å². The van der Waals surface area contributed by atoms with Crippen molar-refractivity contribution in [3.8, 4) is 23.0 Å². The van der Waals surface area contributed by atoms with Gasteiger partial charge in [-0.3, -0.25) is 24.0 Å². The van der Waals surface area contributed by atoms with Gasteiger partial charge in [0.25, 0.3) is 0 Å². The molecule has 2 aromatic carbocycles. The third-order valence-electron chi connectivity index (χ3n) is 9.29. The number of fused-ring (bicyclic) bond motifs is 1. The Bertz CT molecular complexity index is 1820. The highest BCUT2D eigenvalue weighted by Crippen LogP contribution is 2.44. The number of methoxy groups -OCH3 is 1. The first-order valence-electron chi connectivity index (χ1n) is 16.9. The van der Waals surface area contributed by atoms with E-state index in [1.807, 2.05) is 6.92 Å². The van der Waals surface area contributed by atoms with Crippen LogP contribution in [-0.2, 0) is 57.1 Å². The molecule has 0 aliphatic carbocycles. The number of esters is 5. The highest BCUT2D eigenvalue weighted by Gasteiger charge is 2.52. The molecular formula is C36H44O18. The van der Waals surface area contributed by atoms with E-state index in [2.05, 4.69) is 0 Å². The molecule has 0 saturated carbocycles. The number of phenolic OH excluding ortho intramolecular Hbond substituents is 2. The number of phenols is 2. The van der Waals surface area contributed by atoms with E-state index in [1.54, 1.807) is 13.8 Å². The van der Waals surface area contributed by atoms with Crippen LogP contribution in [0.3, 0.4) is 0 Å². The van der Waals surface area contributed by atoms with Gasteiger partial charge < -0.3 is 58.0 Å². The van der Waals surface area contributed by atoms with Crippen LogP contribution in [0.2, 0.25) is 0 Å². The van der Waals surface area contributed by atoms with E-state index < -0.39 is 119 Å². The van der Waals surface area contributed by atoms with E-state index in [-0.39, 0.29) is 29.4 Å². The molecule has 2 saturated heterocycles. The van der Waals surface area contributed by atoms with Crippen molar-refractivity contribution in [1.82, 2.24) is 0 Å². The molecule has 2 heterocycles. The molecule has 18 nitrogen and oxygen atoms in total. The molecule has 2 aliphatic rings. The third kappa shape index (κ3) is 9.29. The van der Waals surface area contributed by atoms with Crippen molar-refractivity contribution in [2.75, 3.05) is 20.3 Å². The van der Waals surface area contributed by atoms with Gasteiger partial charge in [-0.05, 0) is 29.5 Å². The molecule has 296 valence electrons. The Morgan fingerprint density at radius 3 is 1.80 bits per heavy atom. The normalized spacial score (nSPS) is 28.0. The van der Waals surface area contributed by atoms with Crippen LogP contribution in [0.25, 0.3) is 10.8 Å². The molecule has 3 N–H and O–H groups in total. The van der Waals surface area contributed by atoms with Crippen LogP contribution < -0.4 is 10.2 Å². The summed E-state index contributed by atoms with van der Waals surface area (Å²) in [4.78, 5) is 73.5. The third-order valence-corrected chi connectivity index (χ3v) is 9.29. The zero-order valence-corrected chi connectivity index (χ0v) is 30.9. The minimum Gasteiger partial charge on any atom is -0.504 e. The summed E-state index contributed by atoms with van der Waals surface area (Å²) in [6.45, 7) is 9.37. The number of benzene rings is 1. The highest BCUT2D eigenvalue weighted by atomic mass is 16.8. The van der Waals surface area contributed by atoms with Gasteiger partial charge in [0.05, 0.1) is 30.3 Å². The Kier molecular flexibility index (Phi) is 13.3. The maximum atomic E-state index is 12.9. The largest absolute Gasteiger partial charge is 0.504 e. The smallest absolute Gasteiger partial charge is 0.338 e. The lowest BCUT2D eigenvalue weighted by molar-refractivity contribution is -0.336. The minimum atomic E-state index is -1.61. The molecule has 0 spiro atoms. The first-order chi connectivity index (χ1) is 25.3. The zero-order chi connectivity index (χ0) is 40.2. The standard InChI is InChI=1S/C36H44O18/c1-14-15(2)32(49-19(6)39)36(52-25(14)12-47-17(4)37)54-31-16(3)33(50-20(7)40)35(53-26(31)13-48-18(5)38)51-24-11-21-9-22(34(45)46-8)10-23(41)28(42)27(21)30(44)29(24)43/h9-11,14-16,25-26,31-33,35-36,43-44H,12-13H2,1-8H3,(H,41,42)/t14-,15+,16+,25-,26-,31+,32-,33-,35-,36+/m1/s1. The Morgan fingerprint density at radius 2 is 1.24 bits per heavy atom. The Balaban J connectivity index is 1.77. The van der Waals surface area contributed by atoms with Crippen LogP contribution in [-0.4, -0.2) is 109 Å². The van der Waals surface area contributed by atoms with E-state index >= 15 is 0 Å². The Morgan fingerprint density at radius 1 is 0.685 bits per heavy atom. The SMILES string of the molecule is COC(=O)c1cc(O)c(=O)c2c(O)c(O)c(O[C@@H]3O[C@H](COC(C)=O)[C@@H](O[C@@H]4O[C@H](COC(C)=O)[C@H](C)[C@H](C)[C@H]4OC(C)=O)[C@H](C)[C@H]3OC(C)=O)cc2c1. The van der Waals surface area contributed by atoms with Gasteiger partial charge in [-0.25, -0.2) is 4.79 Å². The van der Waals surface area contributed by atoms with E-state index in [4.69, 9.17) is 42.6 Å². The second kappa shape index (κ2) is 17.3. The average Bonchev–Trinajstić information content (AvgIpc) is 3.22. The lowest BCUT2D eigenvalue weighted by Crippen LogP contribution is -2.61. The van der Waals surface area contributed by atoms with Crippen molar-refractivity contribution in [3.63, 3.8) is 0 Å². The van der Waals surface area contributed by atoms with Gasteiger partial charge >= 0.3 is 29.8 Å². The molecule has 2 fully saturated rings. The second-order valence-corrected chi connectivity index (χ2v) is 13.1. The molecule has 0 radical (unpaired) electrons. The van der Waals surface area contributed by atoms with Gasteiger partial charge in [0.1, 0.15) is 19.3 Å². The molecule has 2 aliphatic heterocycles. The van der Waals surface area contributed by atoms with Crippen LogP contribution in [0.1, 0.15) is 58.8 Å². The molecule has 0 bridgehead atoms. The van der Waals surface area contributed by atoms with E-state index in [0.717, 1.165) is 39.2 Å². The fourth-order valence-electron chi connectivity index (χ4n) is 6.37. The number of hydrogen-bond acceptors (Lipinski definition) is 18. The van der Waals surface area contributed by atoms with Crippen molar-refractivity contribution in [3.05, 3.63) is 34.0 Å². The van der Waals surface area contributed by atoms with E-state index in [9.17, 15) is 44.1 Å². The summed E-state index contributed by atoms with van der Waals surface area (Å²) in [5.41, 5.74) is -1.41. The molecule has 2 aromatic rings. The summed E-state index contributed by atoms with van der Waals surface area (Å²) in [7, 11) is 1.07. The van der Waals surface area contributed by atoms with E-state index in [1.165, 1.54) is 13.8 Å². The van der Waals surface area contributed by atoms with E-state index in [0.29, 0.717) is 0 Å². The zero-order valence-electron chi connectivity index (χ0n) is 30.9. The quantitative estimate of drug-likeness (QED) is 0.169. The molecule has 4 rings (SSSR count). The average molecular weight is 765 g/mol. The van der Waals surface area contributed by atoms with Gasteiger partial charge in [0, 0.05) is 39.5 Å². The molecule has 0 aromatic heterocycles. The van der Waals surface area contributed by atoms with Crippen molar-refractivity contribution in [2.45, 2.75) is 91.6 Å². The maximum Gasteiger partial charge on any atom is 0.338 e. The molecule has 18 heteroatoms. The Hall–Kier alpha value is -5.20. The van der Waals surface area contributed by atoms with Crippen molar-refractivity contribution >= 4 is 40.6 Å². The number of ether oxygens (including phenoxy) is 9. The topological polar surface area (TPSA) is 246 Å². The fraction of sp³-hybridized carbons (Fsp3) is 0.556. The summed E-state index contributed by atoms with van der Waals surface area (Å²) in [5.74, 6) is -8.58. The molecule has 0 unspecified atom stereocenters. The van der Waals surface area contributed by atoms with Crippen molar-refractivity contribution < 1.29 is 81.9 Å². The first kappa shape index (κ1) is 41.6. The summed E-state index contributed by atoms with van der Waals surface area (Å²) < 4.78 is 51.3. The summed E-state index contributed by atoms with van der Waals surface area (Å²) in [5, 5.41) is 31.5. The van der Waals surface area contributed by atoms with Crippen molar-refractivity contribution in [2.24, 2.45) is 17.8 Å². The lowest BCUT2D eigenvalue weighted by atomic mass is 9.83. The molecular weight excluding hydrogens is 720 g/mol. The summed E-state index contributed by atoms with van der Waals surface area (Å²) in [6, 6.07) is 3.01. The lowest BCUT2D eigenvalue weighted by Gasteiger charge is -2.48. The van der Waals surface area contributed by atoms with Gasteiger partial charge in [0.2, 0.25) is 17.5 Å². The monoisotopic (exact) mass is 764 g/mol. The molecule has 0 amide bonds. The van der Waals surface area contributed by atoms with Crippen LogP contribution >= 0.6 is 0 Å². The predicted molar refractivity (Wildman–Crippen MR) is 181 cm³/mol. The number of hydrogen-bond donors (Lipinski definition) is 3. The molecule has 54 heavy (non-hydrogen) atoms. The van der Waals surface area contributed by atoms with Crippen LogP contribution in [0, 0.1) is 17.8 Å².